The van der Waals surface area contributed by atoms with E-state index < -0.39 is 11.8 Å². The van der Waals surface area contributed by atoms with Crippen molar-refractivity contribution in [2.45, 2.75) is 12.1 Å². The molecule has 5 rings (SSSR count). The Morgan fingerprint density at radius 1 is 0.972 bits per heavy atom. The standard InChI is InChI=1S/C27H24N6O2S/c1-17-10-12-18(13-11-17)22-15-20(19-7-4-5-8-21(19)28-22)25-30-31-27(33(25)3)36-16-24(34)29-26(35)23-9-6-14-32(23)2/h4-15H,16H2,1-3H3,(H,29,34,35). The Balaban J connectivity index is 1.40. The van der Waals surface area contributed by atoms with Gasteiger partial charge in [-0.1, -0.05) is 59.8 Å². The van der Waals surface area contributed by atoms with Crippen LogP contribution in [0.25, 0.3) is 33.5 Å². The van der Waals surface area contributed by atoms with Gasteiger partial charge in [-0.15, -0.1) is 10.2 Å². The summed E-state index contributed by atoms with van der Waals surface area (Å²) in [5.41, 5.74) is 5.23. The van der Waals surface area contributed by atoms with Crippen LogP contribution >= 0.6 is 11.8 Å². The van der Waals surface area contributed by atoms with Crippen LogP contribution in [-0.2, 0) is 18.9 Å². The number of rotatable bonds is 6. The van der Waals surface area contributed by atoms with Crippen LogP contribution in [0, 0.1) is 6.92 Å². The molecule has 2 amide bonds. The van der Waals surface area contributed by atoms with Gasteiger partial charge in [0.1, 0.15) is 5.69 Å². The zero-order chi connectivity index (χ0) is 25.2. The third kappa shape index (κ3) is 4.65. The van der Waals surface area contributed by atoms with E-state index >= 15 is 0 Å². The van der Waals surface area contributed by atoms with Crippen LogP contribution in [0.2, 0.25) is 0 Å². The smallest absolute Gasteiger partial charge is 0.274 e. The van der Waals surface area contributed by atoms with E-state index in [4.69, 9.17) is 4.98 Å². The lowest BCUT2D eigenvalue weighted by Gasteiger charge is -2.10. The summed E-state index contributed by atoms with van der Waals surface area (Å²) in [5, 5.41) is 12.7. The number of para-hydroxylation sites is 1. The van der Waals surface area contributed by atoms with Crippen molar-refractivity contribution >= 4 is 34.5 Å². The second-order valence-electron chi connectivity index (χ2n) is 8.47. The van der Waals surface area contributed by atoms with Crippen LogP contribution in [-0.4, -0.2) is 41.9 Å². The van der Waals surface area contributed by atoms with Crippen LogP contribution in [0.15, 0.2) is 78.1 Å². The third-order valence-corrected chi connectivity index (χ3v) is 6.92. The number of aryl methyl sites for hydroxylation is 2. The van der Waals surface area contributed by atoms with Crippen molar-refractivity contribution in [1.29, 1.82) is 0 Å². The normalized spacial score (nSPS) is 11.1. The fourth-order valence-electron chi connectivity index (χ4n) is 3.96. The van der Waals surface area contributed by atoms with E-state index in [9.17, 15) is 9.59 Å². The van der Waals surface area contributed by atoms with Crippen LogP contribution in [0.3, 0.4) is 0 Å². The van der Waals surface area contributed by atoms with Gasteiger partial charge in [0.2, 0.25) is 5.91 Å². The minimum atomic E-state index is -0.432. The van der Waals surface area contributed by atoms with E-state index in [1.807, 2.05) is 41.9 Å². The number of benzene rings is 2. The number of pyridine rings is 1. The Morgan fingerprint density at radius 2 is 1.75 bits per heavy atom. The lowest BCUT2D eigenvalue weighted by molar-refractivity contribution is -0.117. The molecule has 0 saturated heterocycles. The van der Waals surface area contributed by atoms with Crippen molar-refractivity contribution in [1.82, 2.24) is 29.6 Å². The van der Waals surface area contributed by atoms with E-state index in [1.54, 1.807) is 29.9 Å². The van der Waals surface area contributed by atoms with Gasteiger partial charge in [0, 0.05) is 36.8 Å². The van der Waals surface area contributed by atoms with E-state index in [2.05, 4.69) is 46.7 Å². The van der Waals surface area contributed by atoms with Gasteiger partial charge in [0.25, 0.3) is 5.91 Å². The maximum atomic E-state index is 12.4. The number of nitrogens with one attached hydrogen (secondary N) is 1. The molecule has 2 aromatic carbocycles. The molecule has 0 aliphatic rings. The van der Waals surface area contributed by atoms with Crippen LogP contribution in [0.4, 0.5) is 0 Å². The minimum Gasteiger partial charge on any atom is -0.347 e. The van der Waals surface area contributed by atoms with E-state index in [0.717, 1.165) is 27.7 Å². The average Bonchev–Trinajstić information content (AvgIpc) is 3.47. The first kappa shape index (κ1) is 23.5. The molecule has 3 aromatic heterocycles. The van der Waals surface area contributed by atoms with Gasteiger partial charge in [-0.05, 0) is 31.2 Å². The maximum Gasteiger partial charge on any atom is 0.274 e. The molecule has 0 saturated carbocycles. The number of nitrogens with zero attached hydrogens (tertiary/aromatic N) is 5. The lowest BCUT2D eigenvalue weighted by Crippen LogP contribution is -2.33. The number of carbonyl (C=O) groups is 2. The molecular weight excluding hydrogens is 472 g/mol. The largest absolute Gasteiger partial charge is 0.347 e. The van der Waals surface area contributed by atoms with Crippen molar-refractivity contribution in [2.24, 2.45) is 14.1 Å². The fourth-order valence-corrected chi connectivity index (χ4v) is 4.67. The summed E-state index contributed by atoms with van der Waals surface area (Å²) in [7, 11) is 3.62. The average molecular weight is 497 g/mol. The first-order valence-corrected chi connectivity index (χ1v) is 12.3. The molecule has 0 radical (unpaired) electrons. The van der Waals surface area contributed by atoms with Gasteiger partial charge < -0.3 is 9.13 Å². The second-order valence-corrected chi connectivity index (χ2v) is 9.42. The zero-order valence-electron chi connectivity index (χ0n) is 20.1. The Hall–Kier alpha value is -4.24. The van der Waals surface area contributed by atoms with Crippen molar-refractivity contribution < 1.29 is 9.59 Å². The molecule has 36 heavy (non-hydrogen) atoms. The number of hydrogen-bond acceptors (Lipinski definition) is 6. The molecule has 8 nitrogen and oxygen atoms in total. The number of imide groups is 1. The molecule has 9 heteroatoms. The predicted molar refractivity (Wildman–Crippen MR) is 141 cm³/mol. The molecule has 180 valence electrons. The number of aromatic nitrogens is 5. The highest BCUT2D eigenvalue weighted by Crippen LogP contribution is 2.32. The van der Waals surface area contributed by atoms with E-state index in [0.29, 0.717) is 16.7 Å². The van der Waals surface area contributed by atoms with Crippen molar-refractivity contribution in [3.63, 3.8) is 0 Å². The SMILES string of the molecule is Cc1ccc(-c2cc(-c3nnc(SCC(=O)NC(=O)c4cccn4C)n3C)c3ccccc3n2)cc1. The number of thioether (sulfide) groups is 1. The highest BCUT2D eigenvalue weighted by Gasteiger charge is 2.18. The summed E-state index contributed by atoms with van der Waals surface area (Å²) in [4.78, 5) is 29.6. The Labute approximate surface area is 212 Å². The summed E-state index contributed by atoms with van der Waals surface area (Å²) in [6.07, 6.45) is 1.75. The van der Waals surface area contributed by atoms with Crippen molar-refractivity contribution in [2.75, 3.05) is 5.75 Å². The Kier molecular flexibility index (Phi) is 6.39. The molecule has 0 spiro atoms. The van der Waals surface area contributed by atoms with Gasteiger partial charge >= 0.3 is 0 Å². The van der Waals surface area contributed by atoms with Gasteiger partial charge in [-0.3, -0.25) is 14.9 Å². The van der Waals surface area contributed by atoms with Crippen LogP contribution in [0.5, 0.6) is 0 Å². The molecule has 3 heterocycles. The van der Waals surface area contributed by atoms with E-state index in [1.165, 1.54) is 17.3 Å². The van der Waals surface area contributed by atoms with Crippen LogP contribution < -0.4 is 5.32 Å². The molecule has 0 unspecified atom stereocenters. The topological polar surface area (TPSA) is 94.7 Å². The summed E-state index contributed by atoms with van der Waals surface area (Å²) < 4.78 is 3.52. The summed E-state index contributed by atoms with van der Waals surface area (Å²) in [6, 6.07) is 21.6. The molecule has 0 aliphatic carbocycles. The first-order valence-electron chi connectivity index (χ1n) is 11.4. The van der Waals surface area contributed by atoms with Gasteiger partial charge in [-0.25, -0.2) is 4.98 Å². The molecule has 1 N–H and O–H groups in total. The Bertz CT molecular complexity index is 1590. The predicted octanol–water partition coefficient (Wildman–Crippen LogP) is 4.39. The minimum absolute atomic E-state index is 0.0356. The van der Waals surface area contributed by atoms with E-state index in [-0.39, 0.29) is 5.75 Å². The zero-order valence-corrected chi connectivity index (χ0v) is 20.9. The lowest BCUT2D eigenvalue weighted by atomic mass is 10.0. The number of amides is 2. The molecule has 0 bridgehead atoms. The fraction of sp³-hybridized carbons (Fsp3) is 0.148. The van der Waals surface area contributed by atoms with Gasteiger partial charge in [0.15, 0.2) is 11.0 Å². The van der Waals surface area contributed by atoms with Crippen molar-refractivity contribution in [3.8, 4) is 22.6 Å². The Morgan fingerprint density at radius 3 is 2.50 bits per heavy atom. The third-order valence-electron chi connectivity index (χ3n) is 5.90. The van der Waals surface area contributed by atoms with Crippen LogP contribution in [0.1, 0.15) is 16.1 Å². The maximum absolute atomic E-state index is 12.4. The summed E-state index contributed by atoms with van der Waals surface area (Å²) >= 11 is 1.22. The molecule has 5 aromatic rings. The second kappa shape index (κ2) is 9.79. The molecule has 0 fully saturated rings. The number of carbonyl (C=O) groups excluding carboxylic acids is 2. The number of hydrogen-bond donors (Lipinski definition) is 1. The number of fused-ring (bicyclic) bond motifs is 1. The quantitative estimate of drug-likeness (QED) is 0.350. The highest BCUT2D eigenvalue weighted by atomic mass is 32.2. The molecule has 0 atom stereocenters. The first-order chi connectivity index (χ1) is 17.4. The molecular formula is C27H24N6O2S. The van der Waals surface area contributed by atoms with Gasteiger partial charge in [0.05, 0.1) is 17.0 Å². The van der Waals surface area contributed by atoms with Crippen molar-refractivity contribution in [3.05, 3.63) is 84.2 Å². The summed E-state index contributed by atoms with van der Waals surface area (Å²) in [5.74, 6) is -0.122. The summed E-state index contributed by atoms with van der Waals surface area (Å²) in [6.45, 7) is 2.06. The molecule has 0 aliphatic heterocycles. The monoisotopic (exact) mass is 496 g/mol. The van der Waals surface area contributed by atoms with Gasteiger partial charge in [-0.2, -0.15) is 0 Å². The highest BCUT2D eigenvalue weighted by molar-refractivity contribution is 7.99.